The van der Waals surface area contributed by atoms with Crippen molar-refractivity contribution in [3.8, 4) is 0 Å². The van der Waals surface area contributed by atoms with Gasteiger partial charge in [-0.2, -0.15) is 0 Å². The topological polar surface area (TPSA) is 62.2 Å². The quantitative estimate of drug-likeness (QED) is 0.806. The first-order chi connectivity index (χ1) is 10.2. The first-order valence-corrected chi connectivity index (χ1v) is 7.39. The fourth-order valence-corrected chi connectivity index (χ4v) is 2.53. The molecular weight excluding hydrogens is 291 g/mol. The molecule has 1 aromatic heterocycles. The molecule has 0 bridgehead atoms. The molecule has 4 nitrogen and oxygen atoms in total. The summed E-state index contributed by atoms with van der Waals surface area (Å²) in [5.41, 5.74) is 1.15. The van der Waals surface area contributed by atoms with E-state index < -0.39 is 0 Å². The van der Waals surface area contributed by atoms with E-state index in [1.165, 1.54) is 30.1 Å². The molecular formula is C15H15FN2O2S. The molecule has 2 N–H and O–H groups in total. The molecule has 0 fully saturated rings. The number of aliphatic hydroxyl groups is 1. The molecule has 1 amide bonds. The van der Waals surface area contributed by atoms with Crippen molar-refractivity contribution in [2.75, 3.05) is 11.1 Å². The van der Waals surface area contributed by atoms with Crippen LogP contribution in [0.5, 0.6) is 0 Å². The van der Waals surface area contributed by atoms with Gasteiger partial charge in [0.2, 0.25) is 5.91 Å². The summed E-state index contributed by atoms with van der Waals surface area (Å²) in [7, 11) is 0. The van der Waals surface area contributed by atoms with Crippen LogP contribution in [0.1, 0.15) is 12.0 Å². The number of rotatable bonds is 6. The SMILES string of the molecule is O=C(CCSc1ccc(F)cc1)Nc1cnccc1CO. The number of carbonyl (C=O) groups excluding carboxylic acids is 1. The molecule has 0 aliphatic rings. The average Bonchev–Trinajstić information content (AvgIpc) is 2.50. The predicted molar refractivity (Wildman–Crippen MR) is 80.5 cm³/mol. The second kappa shape index (κ2) is 7.75. The van der Waals surface area contributed by atoms with Crippen LogP contribution in [0.4, 0.5) is 10.1 Å². The van der Waals surface area contributed by atoms with Crippen LogP contribution >= 0.6 is 11.8 Å². The number of anilines is 1. The molecule has 0 unspecified atom stereocenters. The van der Waals surface area contributed by atoms with E-state index >= 15 is 0 Å². The standard InChI is InChI=1S/C15H15FN2O2S/c16-12-1-3-13(4-2-12)21-8-6-15(20)18-14-9-17-7-5-11(14)10-19/h1-5,7,9,19H,6,8,10H2,(H,18,20). The molecule has 1 heterocycles. The lowest BCUT2D eigenvalue weighted by Crippen LogP contribution is -2.13. The van der Waals surface area contributed by atoms with E-state index in [1.54, 1.807) is 24.4 Å². The highest BCUT2D eigenvalue weighted by Gasteiger charge is 2.06. The van der Waals surface area contributed by atoms with E-state index in [0.717, 1.165) is 4.90 Å². The van der Waals surface area contributed by atoms with Gasteiger partial charge in [0.15, 0.2) is 0 Å². The Hall–Kier alpha value is -1.92. The Morgan fingerprint density at radius 1 is 1.29 bits per heavy atom. The van der Waals surface area contributed by atoms with Crippen LogP contribution in [0.15, 0.2) is 47.6 Å². The fraction of sp³-hybridized carbons (Fsp3) is 0.200. The normalized spacial score (nSPS) is 10.4. The number of benzene rings is 1. The lowest BCUT2D eigenvalue weighted by molar-refractivity contribution is -0.115. The lowest BCUT2D eigenvalue weighted by Gasteiger charge is -2.08. The molecule has 0 saturated heterocycles. The maximum absolute atomic E-state index is 12.8. The van der Waals surface area contributed by atoms with Crippen LogP contribution < -0.4 is 5.32 Å². The molecule has 0 aliphatic heterocycles. The molecule has 6 heteroatoms. The molecule has 21 heavy (non-hydrogen) atoms. The lowest BCUT2D eigenvalue weighted by atomic mass is 10.2. The van der Waals surface area contributed by atoms with Gasteiger partial charge in [0.05, 0.1) is 18.5 Å². The van der Waals surface area contributed by atoms with Gasteiger partial charge in [-0.25, -0.2) is 4.39 Å². The first-order valence-electron chi connectivity index (χ1n) is 6.41. The van der Waals surface area contributed by atoms with Crippen molar-refractivity contribution in [1.29, 1.82) is 0 Å². The van der Waals surface area contributed by atoms with Crippen molar-refractivity contribution in [3.05, 3.63) is 54.1 Å². The van der Waals surface area contributed by atoms with E-state index in [9.17, 15) is 9.18 Å². The maximum atomic E-state index is 12.8. The number of pyridine rings is 1. The van der Waals surface area contributed by atoms with Crippen molar-refractivity contribution in [1.82, 2.24) is 4.98 Å². The largest absolute Gasteiger partial charge is 0.392 e. The summed E-state index contributed by atoms with van der Waals surface area (Å²) in [5, 5.41) is 11.9. The number of nitrogens with one attached hydrogen (secondary N) is 1. The Morgan fingerprint density at radius 2 is 2.05 bits per heavy atom. The summed E-state index contributed by atoms with van der Waals surface area (Å²) < 4.78 is 12.8. The number of halogens is 1. The minimum atomic E-state index is -0.273. The zero-order valence-corrected chi connectivity index (χ0v) is 12.1. The van der Waals surface area contributed by atoms with E-state index in [4.69, 9.17) is 5.11 Å². The van der Waals surface area contributed by atoms with Crippen molar-refractivity contribution in [2.24, 2.45) is 0 Å². The number of nitrogens with zero attached hydrogens (tertiary/aromatic N) is 1. The smallest absolute Gasteiger partial charge is 0.225 e. The third kappa shape index (κ3) is 4.84. The Kier molecular flexibility index (Phi) is 5.71. The first kappa shape index (κ1) is 15.5. The predicted octanol–water partition coefficient (Wildman–Crippen LogP) is 2.83. The van der Waals surface area contributed by atoms with E-state index in [1.807, 2.05) is 0 Å². The number of amides is 1. The van der Waals surface area contributed by atoms with Gasteiger partial charge in [-0.05, 0) is 30.3 Å². The molecule has 1 aromatic carbocycles. The number of aliphatic hydroxyl groups excluding tert-OH is 1. The summed E-state index contributed by atoms with van der Waals surface area (Å²) in [6, 6.07) is 7.81. The Balaban J connectivity index is 1.81. The summed E-state index contributed by atoms with van der Waals surface area (Å²) >= 11 is 1.49. The average molecular weight is 306 g/mol. The van der Waals surface area contributed by atoms with Crippen molar-refractivity contribution in [2.45, 2.75) is 17.9 Å². The van der Waals surface area contributed by atoms with Gasteiger partial charge in [0.1, 0.15) is 5.82 Å². The fourth-order valence-electron chi connectivity index (χ4n) is 1.68. The number of carbonyl (C=O) groups is 1. The van der Waals surface area contributed by atoms with Crippen molar-refractivity contribution in [3.63, 3.8) is 0 Å². The zero-order chi connectivity index (χ0) is 15.1. The molecule has 0 aliphatic carbocycles. The number of thioether (sulfide) groups is 1. The van der Waals surface area contributed by atoms with Crippen LogP contribution in [-0.4, -0.2) is 21.8 Å². The van der Waals surface area contributed by atoms with E-state index in [-0.39, 0.29) is 18.3 Å². The Labute approximate surface area is 126 Å². The van der Waals surface area contributed by atoms with Crippen LogP contribution in [0.3, 0.4) is 0 Å². The third-order valence-electron chi connectivity index (χ3n) is 2.77. The molecule has 110 valence electrons. The van der Waals surface area contributed by atoms with Gasteiger partial charge >= 0.3 is 0 Å². The van der Waals surface area contributed by atoms with Gasteiger partial charge in [-0.1, -0.05) is 0 Å². The van der Waals surface area contributed by atoms with Gasteiger partial charge in [0.25, 0.3) is 0 Å². The monoisotopic (exact) mass is 306 g/mol. The summed E-state index contributed by atoms with van der Waals surface area (Å²) in [4.78, 5) is 16.7. The highest BCUT2D eigenvalue weighted by Crippen LogP contribution is 2.19. The molecule has 0 atom stereocenters. The van der Waals surface area contributed by atoms with E-state index in [2.05, 4.69) is 10.3 Å². The van der Waals surface area contributed by atoms with Crippen LogP contribution in [0, 0.1) is 5.82 Å². The molecule has 0 spiro atoms. The molecule has 0 saturated carbocycles. The summed E-state index contributed by atoms with van der Waals surface area (Å²) in [6.07, 6.45) is 3.39. The Morgan fingerprint density at radius 3 is 2.76 bits per heavy atom. The minimum Gasteiger partial charge on any atom is -0.392 e. The van der Waals surface area contributed by atoms with Gasteiger partial charge in [-0.15, -0.1) is 11.8 Å². The van der Waals surface area contributed by atoms with Crippen molar-refractivity contribution >= 4 is 23.4 Å². The number of aromatic nitrogens is 1. The van der Waals surface area contributed by atoms with Gasteiger partial charge < -0.3 is 10.4 Å². The molecule has 2 rings (SSSR count). The minimum absolute atomic E-state index is 0.146. The van der Waals surface area contributed by atoms with Crippen LogP contribution in [0.25, 0.3) is 0 Å². The second-order valence-electron chi connectivity index (χ2n) is 4.29. The molecule has 0 radical (unpaired) electrons. The zero-order valence-electron chi connectivity index (χ0n) is 11.3. The number of hydrogen-bond donors (Lipinski definition) is 2. The maximum Gasteiger partial charge on any atom is 0.225 e. The highest BCUT2D eigenvalue weighted by atomic mass is 32.2. The third-order valence-corrected chi connectivity index (χ3v) is 3.78. The van der Waals surface area contributed by atoms with Crippen LogP contribution in [0.2, 0.25) is 0 Å². The highest BCUT2D eigenvalue weighted by molar-refractivity contribution is 7.99. The second-order valence-corrected chi connectivity index (χ2v) is 5.46. The number of hydrogen-bond acceptors (Lipinski definition) is 4. The Bertz CT molecular complexity index is 605. The van der Waals surface area contributed by atoms with Crippen LogP contribution in [-0.2, 0) is 11.4 Å². The van der Waals surface area contributed by atoms with Gasteiger partial charge in [-0.3, -0.25) is 9.78 Å². The summed E-state index contributed by atoms with van der Waals surface area (Å²) in [5.74, 6) is 0.171. The van der Waals surface area contributed by atoms with E-state index in [0.29, 0.717) is 23.4 Å². The van der Waals surface area contributed by atoms with Gasteiger partial charge in [0, 0.05) is 28.8 Å². The summed E-state index contributed by atoms with van der Waals surface area (Å²) in [6.45, 7) is -0.150. The molecule has 2 aromatic rings. The van der Waals surface area contributed by atoms with Crippen molar-refractivity contribution < 1.29 is 14.3 Å².